The van der Waals surface area contributed by atoms with Gasteiger partial charge in [-0.3, -0.25) is 9.69 Å². The Bertz CT molecular complexity index is 617. The molecule has 7 heteroatoms. The minimum Gasteiger partial charge on any atom is -0.364 e. The van der Waals surface area contributed by atoms with Crippen LogP contribution >= 0.6 is 0 Å². The second-order valence-corrected chi connectivity index (χ2v) is 6.05. The van der Waals surface area contributed by atoms with Crippen LogP contribution in [0.15, 0.2) is 18.2 Å². The van der Waals surface area contributed by atoms with E-state index in [1.165, 1.54) is 12.1 Å². The Balaban J connectivity index is 2.08. The maximum absolute atomic E-state index is 13.1. The highest BCUT2D eigenvalue weighted by atomic mass is 19.4. The number of anilines is 1. The number of nitrogens with one attached hydrogen (secondary N) is 1. The number of halogens is 3. The van der Waals surface area contributed by atoms with Crippen LogP contribution in [0.2, 0.25) is 0 Å². The van der Waals surface area contributed by atoms with E-state index in [2.05, 4.69) is 5.32 Å². The van der Waals surface area contributed by atoms with E-state index in [0.717, 1.165) is 18.9 Å². The molecule has 22 heavy (non-hydrogen) atoms. The summed E-state index contributed by atoms with van der Waals surface area (Å²) in [7, 11) is 0. The van der Waals surface area contributed by atoms with Gasteiger partial charge >= 0.3 is 6.18 Å². The van der Waals surface area contributed by atoms with Gasteiger partial charge < -0.3 is 10.4 Å². The lowest BCUT2D eigenvalue weighted by atomic mass is 9.93. The molecular formula is C15H17F3N2O2. The number of carbonyl (C=O) groups is 1. The van der Waals surface area contributed by atoms with Crippen molar-refractivity contribution in [3.8, 4) is 0 Å². The molecule has 0 unspecified atom stereocenters. The Morgan fingerprint density at radius 2 is 2.14 bits per heavy atom. The highest BCUT2D eigenvalue weighted by Gasteiger charge is 2.53. The average molecular weight is 314 g/mol. The minimum absolute atomic E-state index is 0.0126. The molecule has 4 nitrogen and oxygen atoms in total. The second kappa shape index (κ2) is 4.96. The van der Waals surface area contributed by atoms with Crippen molar-refractivity contribution in [2.75, 3.05) is 18.4 Å². The minimum atomic E-state index is -4.58. The molecule has 0 aliphatic carbocycles. The molecule has 0 aromatic heterocycles. The molecule has 0 saturated carbocycles. The molecule has 0 radical (unpaired) electrons. The van der Waals surface area contributed by atoms with Gasteiger partial charge in [-0.1, -0.05) is 19.1 Å². The third-order valence-electron chi connectivity index (χ3n) is 4.42. The SMILES string of the molecule is C[C@@H]1CCCN([C@]2(O)C(=O)Nc3c(C(F)(F)F)cccc32)C1. The lowest BCUT2D eigenvalue weighted by molar-refractivity contribution is -0.163. The number of likely N-dealkylation sites (tertiary alicyclic amines) is 1. The lowest BCUT2D eigenvalue weighted by Gasteiger charge is -2.39. The monoisotopic (exact) mass is 314 g/mol. The fourth-order valence-electron chi connectivity index (χ4n) is 3.33. The number of aliphatic hydroxyl groups is 1. The number of carbonyl (C=O) groups excluding carboxylic acids is 1. The third kappa shape index (κ3) is 2.19. The van der Waals surface area contributed by atoms with Gasteiger partial charge in [0.1, 0.15) is 0 Å². The molecule has 0 spiro atoms. The van der Waals surface area contributed by atoms with E-state index in [1.807, 2.05) is 6.92 Å². The van der Waals surface area contributed by atoms with Gasteiger partial charge in [0.25, 0.3) is 5.91 Å². The molecule has 1 saturated heterocycles. The van der Waals surface area contributed by atoms with Crippen LogP contribution in [0.25, 0.3) is 0 Å². The maximum Gasteiger partial charge on any atom is 0.418 e. The molecule has 2 aliphatic heterocycles. The van der Waals surface area contributed by atoms with Gasteiger partial charge in [-0.25, -0.2) is 0 Å². The Hall–Kier alpha value is -1.60. The molecule has 2 atom stereocenters. The average Bonchev–Trinajstić information content (AvgIpc) is 2.71. The first-order chi connectivity index (χ1) is 10.2. The number of rotatable bonds is 1. The van der Waals surface area contributed by atoms with Crippen molar-refractivity contribution in [3.63, 3.8) is 0 Å². The Morgan fingerprint density at radius 3 is 2.77 bits per heavy atom. The van der Waals surface area contributed by atoms with Crippen LogP contribution in [-0.2, 0) is 16.7 Å². The summed E-state index contributed by atoms with van der Waals surface area (Å²) in [6.45, 7) is 2.94. The van der Waals surface area contributed by atoms with Crippen LogP contribution in [0.5, 0.6) is 0 Å². The second-order valence-electron chi connectivity index (χ2n) is 6.05. The summed E-state index contributed by atoms with van der Waals surface area (Å²) in [6.07, 6.45) is -2.81. The van der Waals surface area contributed by atoms with Crippen molar-refractivity contribution >= 4 is 11.6 Å². The fraction of sp³-hybridized carbons (Fsp3) is 0.533. The van der Waals surface area contributed by atoms with Gasteiger partial charge in [0.2, 0.25) is 5.72 Å². The molecule has 0 bridgehead atoms. The largest absolute Gasteiger partial charge is 0.418 e. The van der Waals surface area contributed by atoms with E-state index in [4.69, 9.17) is 0 Å². The normalized spacial score (nSPS) is 29.3. The van der Waals surface area contributed by atoms with Gasteiger partial charge in [0.05, 0.1) is 11.3 Å². The Morgan fingerprint density at radius 1 is 1.41 bits per heavy atom. The molecule has 1 fully saturated rings. The summed E-state index contributed by atoms with van der Waals surface area (Å²) in [5, 5.41) is 13.1. The van der Waals surface area contributed by atoms with Crippen LogP contribution in [-0.4, -0.2) is 29.0 Å². The quantitative estimate of drug-likeness (QED) is 0.837. The van der Waals surface area contributed by atoms with Gasteiger partial charge in [-0.2, -0.15) is 13.2 Å². The molecule has 1 aromatic rings. The summed E-state index contributed by atoms with van der Waals surface area (Å²) in [5.41, 5.74) is -3.30. The van der Waals surface area contributed by atoms with E-state index in [9.17, 15) is 23.1 Å². The first kappa shape index (κ1) is 15.3. The predicted octanol–water partition coefficient (Wildman–Crippen LogP) is 2.53. The molecule has 120 valence electrons. The van der Waals surface area contributed by atoms with Crippen LogP contribution in [0, 0.1) is 5.92 Å². The van der Waals surface area contributed by atoms with Crippen molar-refractivity contribution in [1.82, 2.24) is 4.90 Å². The summed E-state index contributed by atoms with van der Waals surface area (Å²) in [4.78, 5) is 13.8. The van der Waals surface area contributed by atoms with Crippen LogP contribution in [0.3, 0.4) is 0 Å². The van der Waals surface area contributed by atoms with Crippen LogP contribution < -0.4 is 5.32 Å². The number of amides is 1. The van der Waals surface area contributed by atoms with Crippen molar-refractivity contribution < 1.29 is 23.1 Å². The van der Waals surface area contributed by atoms with E-state index in [1.54, 1.807) is 4.90 Å². The van der Waals surface area contributed by atoms with Crippen molar-refractivity contribution in [2.24, 2.45) is 5.92 Å². The molecule has 2 heterocycles. The molecule has 2 N–H and O–H groups in total. The number of alkyl halides is 3. The number of nitrogens with zero attached hydrogens (tertiary/aromatic N) is 1. The van der Waals surface area contributed by atoms with Crippen molar-refractivity contribution in [3.05, 3.63) is 29.3 Å². The first-order valence-corrected chi connectivity index (χ1v) is 7.24. The smallest absolute Gasteiger partial charge is 0.364 e. The third-order valence-corrected chi connectivity index (χ3v) is 4.42. The number of fused-ring (bicyclic) bond motifs is 1. The lowest BCUT2D eigenvalue weighted by Crippen LogP contribution is -2.54. The van der Waals surface area contributed by atoms with Gasteiger partial charge in [-0.15, -0.1) is 0 Å². The zero-order chi connectivity index (χ0) is 16.1. The van der Waals surface area contributed by atoms with Gasteiger partial charge in [0.15, 0.2) is 0 Å². The van der Waals surface area contributed by atoms with Gasteiger partial charge in [0, 0.05) is 18.7 Å². The zero-order valence-electron chi connectivity index (χ0n) is 12.1. The maximum atomic E-state index is 13.1. The number of para-hydroxylation sites is 1. The Kier molecular flexibility index (Phi) is 3.45. The zero-order valence-corrected chi connectivity index (χ0v) is 12.1. The highest BCUT2D eigenvalue weighted by Crippen LogP contribution is 2.46. The van der Waals surface area contributed by atoms with E-state index < -0.39 is 23.4 Å². The molecular weight excluding hydrogens is 297 g/mol. The van der Waals surface area contributed by atoms with Crippen LogP contribution in [0.1, 0.15) is 30.9 Å². The van der Waals surface area contributed by atoms with E-state index in [0.29, 0.717) is 13.1 Å². The molecule has 1 amide bonds. The standard InChI is InChI=1S/C15H17F3N2O2/c1-9-4-3-7-20(8-9)14(22)10-5-2-6-11(15(16,17)18)12(10)19-13(14)21/h2,5-6,9,22H,3-4,7-8H2,1H3,(H,19,21)/t9-,14-/m1/s1. The molecule has 2 aliphatic rings. The van der Waals surface area contributed by atoms with Crippen molar-refractivity contribution in [2.45, 2.75) is 31.7 Å². The predicted molar refractivity (Wildman–Crippen MR) is 73.9 cm³/mol. The van der Waals surface area contributed by atoms with E-state index >= 15 is 0 Å². The Labute approximate surface area is 125 Å². The number of hydrogen-bond donors (Lipinski definition) is 2. The summed E-state index contributed by atoms with van der Waals surface area (Å²) in [5.74, 6) is -0.534. The molecule has 1 aromatic carbocycles. The summed E-state index contributed by atoms with van der Waals surface area (Å²) >= 11 is 0. The number of hydrogen-bond acceptors (Lipinski definition) is 3. The first-order valence-electron chi connectivity index (χ1n) is 7.24. The van der Waals surface area contributed by atoms with E-state index in [-0.39, 0.29) is 17.2 Å². The number of benzene rings is 1. The fourth-order valence-corrected chi connectivity index (χ4v) is 3.33. The van der Waals surface area contributed by atoms with Crippen LogP contribution in [0.4, 0.5) is 18.9 Å². The summed E-state index contributed by atoms with van der Waals surface area (Å²) in [6, 6.07) is 3.51. The topological polar surface area (TPSA) is 52.6 Å². The summed E-state index contributed by atoms with van der Waals surface area (Å²) < 4.78 is 39.2. The molecule has 3 rings (SSSR count). The number of piperidine rings is 1. The van der Waals surface area contributed by atoms with Crippen molar-refractivity contribution in [1.29, 1.82) is 0 Å². The highest BCUT2D eigenvalue weighted by molar-refractivity contribution is 6.05. The van der Waals surface area contributed by atoms with Gasteiger partial charge in [-0.05, 0) is 24.8 Å².